The molecule has 1 N–H and O–H groups in total. The van der Waals surface area contributed by atoms with E-state index in [0.29, 0.717) is 36.4 Å². The largest absolute Gasteiger partial charge is 0.497 e. The fraction of sp³-hybridized carbons (Fsp3) is 0.438. The number of carbonyl (C=O) groups is 1. The zero-order valence-corrected chi connectivity index (χ0v) is 15.9. The van der Waals surface area contributed by atoms with Gasteiger partial charge in [0, 0.05) is 12.6 Å². The van der Waals surface area contributed by atoms with Crippen molar-refractivity contribution in [1.29, 1.82) is 0 Å². The Hall–Kier alpha value is -2.66. The van der Waals surface area contributed by atoms with E-state index >= 15 is 0 Å². The van der Waals surface area contributed by atoms with E-state index in [0.717, 1.165) is 6.26 Å². The number of hydrogen-bond acceptors (Lipinski definition) is 8. The smallest absolute Gasteiger partial charge is 0.322 e. The van der Waals surface area contributed by atoms with Crippen molar-refractivity contribution in [3.8, 4) is 23.0 Å². The summed E-state index contributed by atoms with van der Waals surface area (Å²) in [5, 5.41) is 10.2. The van der Waals surface area contributed by atoms with Crippen LogP contribution in [0.5, 0.6) is 11.5 Å². The van der Waals surface area contributed by atoms with Crippen molar-refractivity contribution in [2.75, 3.05) is 32.3 Å². The van der Waals surface area contributed by atoms with Gasteiger partial charge in [0.15, 0.2) is 0 Å². The zero-order chi connectivity index (χ0) is 19.6. The lowest BCUT2D eigenvalue weighted by Gasteiger charge is -2.20. The summed E-state index contributed by atoms with van der Waals surface area (Å²) >= 11 is 0. The molecule has 2 heterocycles. The molecule has 2 aromatic rings. The van der Waals surface area contributed by atoms with E-state index in [1.165, 1.54) is 18.5 Å². The molecule has 1 aliphatic heterocycles. The predicted octanol–water partition coefficient (Wildman–Crippen LogP) is 1.12. The Morgan fingerprint density at radius 2 is 2.07 bits per heavy atom. The molecule has 146 valence electrons. The number of methoxy groups -OCH3 is 2. The van der Waals surface area contributed by atoms with Crippen LogP contribution in [-0.4, -0.2) is 61.9 Å². The number of benzene rings is 1. The fourth-order valence-corrected chi connectivity index (χ4v) is 4.07. The number of aromatic nitrogens is 2. The summed E-state index contributed by atoms with van der Waals surface area (Å²) in [4.78, 5) is 12.4. The molecule has 0 bridgehead atoms. The average molecular weight is 396 g/mol. The summed E-state index contributed by atoms with van der Waals surface area (Å²) in [5.41, 5.74) is 0.532. The van der Waals surface area contributed by atoms with Crippen LogP contribution < -0.4 is 14.8 Å². The Balaban J connectivity index is 1.78. The Kier molecular flexibility index (Phi) is 5.33. The molecule has 3 rings (SSSR count). The standard InChI is InChI=1S/C16H20N4O6S/c1-24-10-6-7-11(13(9-10)25-2)15-18-19-16(26-15)17-14(21)12-5-4-8-20(12)27(3,22)23/h6-7,9,12H,4-5,8H2,1-3H3,(H,17,19,21). The van der Waals surface area contributed by atoms with E-state index in [9.17, 15) is 13.2 Å². The number of sulfonamides is 1. The van der Waals surface area contributed by atoms with E-state index in [2.05, 4.69) is 15.5 Å². The summed E-state index contributed by atoms with van der Waals surface area (Å²) in [5.74, 6) is 0.715. The summed E-state index contributed by atoms with van der Waals surface area (Å²) in [6, 6.07) is 4.17. The molecule has 1 aromatic carbocycles. The van der Waals surface area contributed by atoms with Gasteiger partial charge in [-0.1, -0.05) is 5.10 Å². The third kappa shape index (κ3) is 4.03. The van der Waals surface area contributed by atoms with Crippen molar-refractivity contribution in [3.05, 3.63) is 18.2 Å². The average Bonchev–Trinajstić information content (AvgIpc) is 3.30. The van der Waals surface area contributed by atoms with Crippen molar-refractivity contribution < 1.29 is 27.1 Å². The molecule has 0 spiro atoms. The van der Waals surface area contributed by atoms with Crippen molar-refractivity contribution in [1.82, 2.24) is 14.5 Å². The summed E-state index contributed by atoms with van der Waals surface area (Å²) in [7, 11) is -0.428. The molecule has 1 fully saturated rings. The van der Waals surface area contributed by atoms with Gasteiger partial charge in [-0.3, -0.25) is 10.1 Å². The topological polar surface area (TPSA) is 124 Å². The second kappa shape index (κ2) is 7.53. The second-order valence-corrected chi connectivity index (χ2v) is 7.93. The van der Waals surface area contributed by atoms with E-state index < -0.39 is 22.0 Å². The highest BCUT2D eigenvalue weighted by molar-refractivity contribution is 7.88. The van der Waals surface area contributed by atoms with Gasteiger partial charge >= 0.3 is 6.01 Å². The first-order valence-corrected chi connectivity index (χ1v) is 10.0. The lowest BCUT2D eigenvalue weighted by Crippen LogP contribution is -2.42. The minimum atomic E-state index is -3.46. The van der Waals surface area contributed by atoms with Crippen LogP contribution in [0.15, 0.2) is 22.6 Å². The Morgan fingerprint density at radius 3 is 2.74 bits per heavy atom. The third-order valence-electron chi connectivity index (χ3n) is 4.23. The van der Waals surface area contributed by atoms with Crippen LogP contribution >= 0.6 is 0 Å². The molecule has 1 amide bonds. The van der Waals surface area contributed by atoms with Crippen LogP contribution in [0.2, 0.25) is 0 Å². The van der Waals surface area contributed by atoms with Gasteiger partial charge in [0.2, 0.25) is 15.9 Å². The molecule has 1 unspecified atom stereocenters. The van der Waals surface area contributed by atoms with Crippen LogP contribution in [0.3, 0.4) is 0 Å². The monoisotopic (exact) mass is 396 g/mol. The Labute approximate surface area is 156 Å². The predicted molar refractivity (Wildman–Crippen MR) is 96.0 cm³/mol. The van der Waals surface area contributed by atoms with Crippen molar-refractivity contribution in [2.24, 2.45) is 0 Å². The van der Waals surface area contributed by atoms with Crippen molar-refractivity contribution in [3.63, 3.8) is 0 Å². The number of amides is 1. The highest BCUT2D eigenvalue weighted by Crippen LogP contribution is 2.33. The number of rotatable bonds is 6. The number of carbonyl (C=O) groups excluding carboxylic acids is 1. The number of ether oxygens (including phenoxy) is 2. The van der Waals surface area contributed by atoms with Crippen LogP contribution in [-0.2, 0) is 14.8 Å². The van der Waals surface area contributed by atoms with E-state index in [-0.39, 0.29) is 11.9 Å². The molecule has 10 nitrogen and oxygen atoms in total. The summed E-state index contributed by atoms with van der Waals surface area (Å²) in [6.45, 7) is 0.315. The quantitative estimate of drug-likeness (QED) is 0.770. The molecular formula is C16H20N4O6S. The van der Waals surface area contributed by atoms with Gasteiger partial charge in [-0.15, -0.1) is 5.10 Å². The third-order valence-corrected chi connectivity index (χ3v) is 5.52. The highest BCUT2D eigenvalue weighted by Gasteiger charge is 2.37. The first-order chi connectivity index (χ1) is 12.8. The maximum atomic E-state index is 12.4. The van der Waals surface area contributed by atoms with E-state index in [4.69, 9.17) is 13.9 Å². The molecular weight excluding hydrogens is 376 g/mol. The minimum absolute atomic E-state index is 0.117. The van der Waals surface area contributed by atoms with Gasteiger partial charge in [0.05, 0.1) is 26.0 Å². The summed E-state index contributed by atoms with van der Waals surface area (Å²) in [6.07, 6.45) is 2.13. The van der Waals surface area contributed by atoms with E-state index in [1.54, 1.807) is 18.2 Å². The van der Waals surface area contributed by atoms with Gasteiger partial charge in [-0.2, -0.15) is 4.31 Å². The SMILES string of the molecule is COc1ccc(-c2nnc(NC(=O)C3CCCN3S(C)(=O)=O)o2)c(OC)c1. The molecule has 11 heteroatoms. The molecule has 1 aliphatic rings. The first-order valence-electron chi connectivity index (χ1n) is 8.17. The maximum absolute atomic E-state index is 12.4. The number of hydrogen-bond donors (Lipinski definition) is 1. The van der Waals surface area contributed by atoms with Gasteiger partial charge in [-0.05, 0) is 25.0 Å². The van der Waals surface area contributed by atoms with Gasteiger partial charge in [0.1, 0.15) is 17.5 Å². The van der Waals surface area contributed by atoms with Crippen LogP contribution in [0, 0.1) is 0 Å². The summed E-state index contributed by atoms with van der Waals surface area (Å²) < 4.78 is 40.7. The lowest BCUT2D eigenvalue weighted by molar-refractivity contribution is -0.119. The number of anilines is 1. The molecule has 1 aromatic heterocycles. The van der Waals surface area contributed by atoms with Crippen LogP contribution in [0.1, 0.15) is 12.8 Å². The maximum Gasteiger partial charge on any atom is 0.322 e. The fourth-order valence-electron chi connectivity index (χ4n) is 2.95. The molecule has 0 saturated carbocycles. The second-order valence-electron chi connectivity index (χ2n) is 6.00. The number of nitrogens with zero attached hydrogens (tertiary/aromatic N) is 3. The molecule has 27 heavy (non-hydrogen) atoms. The van der Waals surface area contributed by atoms with Gasteiger partial charge < -0.3 is 13.9 Å². The number of nitrogens with one attached hydrogen (secondary N) is 1. The van der Waals surface area contributed by atoms with E-state index in [1.807, 2.05) is 0 Å². The molecule has 1 atom stereocenters. The normalized spacial score (nSPS) is 17.7. The molecule has 0 aliphatic carbocycles. The highest BCUT2D eigenvalue weighted by atomic mass is 32.2. The minimum Gasteiger partial charge on any atom is -0.497 e. The van der Waals surface area contributed by atoms with Crippen LogP contribution in [0.4, 0.5) is 6.01 Å². The molecule has 1 saturated heterocycles. The Bertz CT molecular complexity index is 942. The zero-order valence-electron chi connectivity index (χ0n) is 15.1. The van der Waals surface area contributed by atoms with Gasteiger partial charge in [0.25, 0.3) is 5.89 Å². The van der Waals surface area contributed by atoms with Crippen LogP contribution in [0.25, 0.3) is 11.5 Å². The molecule has 0 radical (unpaired) electrons. The van der Waals surface area contributed by atoms with Crippen molar-refractivity contribution >= 4 is 21.9 Å². The first kappa shape index (κ1) is 19.1. The van der Waals surface area contributed by atoms with Crippen molar-refractivity contribution in [2.45, 2.75) is 18.9 Å². The lowest BCUT2D eigenvalue weighted by atomic mass is 10.2. The Morgan fingerprint density at radius 1 is 1.30 bits per heavy atom. The van der Waals surface area contributed by atoms with Gasteiger partial charge in [-0.25, -0.2) is 8.42 Å².